The van der Waals surface area contributed by atoms with Crippen molar-refractivity contribution in [2.45, 2.75) is 6.92 Å². The number of hydrogen-bond donors (Lipinski definition) is 0. The monoisotopic (exact) mass is 450 g/mol. The van der Waals surface area contributed by atoms with Crippen molar-refractivity contribution in [2.75, 3.05) is 0 Å². The van der Waals surface area contributed by atoms with Gasteiger partial charge in [0.25, 0.3) is 0 Å². The van der Waals surface area contributed by atoms with Crippen LogP contribution in [0.1, 0.15) is 27.8 Å². The lowest BCUT2D eigenvalue weighted by molar-refractivity contribution is 0.453. The topological polar surface area (TPSA) is 0 Å². The van der Waals surface area contributed by atoms with Crippen molar-refractivity contribution in [1.82, 2.24) is 0 Å². The summed E-state index contributed by atoms with van der Waals surface area (Å²) in [6.07, 6.45) is 0. The average molecular weight is 450 g/mol. The second-order valence-corrected chi connectivity index (χ2v) is 7.22. The van der Waals surface area contributed by atoms with Gasteiger partial charge in [0.05, 0.1) is 11.1 Å². The van der Waals surface area contributed by atoms with Crippen LogP contribution in [0, 0.1) is 65.5 Å². The van der Waals surface area contributed by atoms with Crippen LogP contribution in [0.4, 0.5) is 26.3 Å². The van der Waals surface area contributed by atoms with Gasteiger partial charge in [0, 0.05) is 16.5 Å². The molecule has 0 bridgehead atoms. The smallest absolute Gasteiger partial charge is 0.195 e. The van der Waals surface area contributed by atoms with E-state index in [1.165, 1.54) is 30.3 Å². The molecule has 0 amide bonds. The summed E-state index contributed by atoms with van der Waals surface area (Å²) in [5.74, 6) is 3.68. The van der Waals surface area contributed by atoms with E-state index in [2.05, 4.69) is 23.7 Å². The Bertz CT molecular complexity index is 1520. The summed E-state index contributed by atoms with van der Waals surface area (Å²) >= 11 is 0. The fourth-order valence-electron chi connectivity index (χ4n) is 3.17. The van der Waals surface area contributed by atoms with E-state index in [1.54, 1.807) is 6.92 Å². The van der Waals surface area contributed by atoms with Gasteiger partial charge >= 0.3 is 0 Å². The minimum atomic E-state index is -1.56. The lowest BCUT2D eigenvalue weighted by Gasteiger charge is -2.02. The Morgan fingerprint density at radius 1 is 0.545 bits per heavy atom. The van der Waals surface area contributed by atoms with Crippen LogP contribution in [0.5, 0.6) is 0 Å². The number of aryl methyl sites for hydroxylation is 1. The summed E-state index contributed by atoms with van der Waals surface area (Å²) in [5, 5.41) is 0.00914. The van der Waals surface area contributed by atoms with Crippen LogP contribution in [-0.4, -0.2) is 0 Å². The third kappa shape index (κ3) is 4.56. The van der Waals surface area contributed by atoms with Crippen LogP contribution in [-0.2, 0) is 0 Å². The number of fused-ring (bicyclic) bond motifs is 1. The van der Waals surface area contributed by atoms with Gasteiger partial charge in [0.2, 0.25) is 0 Å². The van der Waals surface area contributed by atoms with Crippen LogP contribution in [0.2, 0.25) is 0 Å². The molecule has 0 nitrogen and oxygen atoms in total. The molecule has 0 heterocycles. The highest BCUT2D eigenvalue weighted by atomic mass is 19.2. The Hall–Kier alpha value is -4.16. The maximum absolute atomic E-state index is 14.4. The van der Waals surface area contributed by atoms with E-state index in [0.717, 1.165) is 24.3 Å². The van der Waals surface area contributed by atoms with Crippen LogP contribution in [0.15, 0.2) is 54.6 Å². The molecule has 0 saturated heterocycles. The van der Waals surface area contributed by atoms with Gasteiger partial charge in [-0.25, -0.2) is 26.3 Å². The third-order valence-corrected chi connectivity index (χ3v) is 4.80. The lowest BCUT2D eigenvalue weighted by atomic mass is 10.1. The normalized spacial score (nSPS) is 10.4. The Balaban J connectivity index is 1.62. The molecule has 4 aromatic carbocycles. The molecule has 4 aromatic rings. The molecule has 162 valence electrons. The van der Waals surface area contributed by atoms with Gasteiger partial charge < -0.3 is 0 Å². The van der Waals surface area contributed by atoms with Gasteiger partial charge in [-0.1, -0.05) is 29.7 Å². The molecule has 0 spiro atoms. The maximum Gasteiger partial charge on any atom is 0.195 e. The molecule has 0 aliphatic carbocycles. The summed E-state index contributed by atoms with van der Waals surface area (Å²) in [6.45, 7) is 1.55. The average Bonchev–Trinajstić information content (AvgIpc) is 2.76. The fourth-order valence-corrected chi connectivity index (χ4v) is 3.17. The van der Waals surface area contributed by atoms with Crippen LogP contribution in [0.25, 0.3) is 10.8 Å². The molecule has 0 unspecified atom stereocenters. The highest BCUT2D eigenvalue weighted by molar-refractivity contribution is 5.84. The SMILES string of the molecule is Cc1cc(F)c(C#Cc2ccc(C#Cc3ccc4c(F)c(F)c(F)cc4c3)c(F)c2)c(F)c1. The first-order valence-corrected chi connectivity index (χ1v) is 9.59. The van der Waals surface area contributed by atoms with E-state index in [1.807, 2.05) is 0 Å². The number of hydrogen-bond acceptors (Lipinski definition) is 0. The highest BCUT2D eigenvalue weighted by Gasteiger charge is 2.13. The Morgan fingerprint density at radius 3 is 1.88 bits per heavy atom. The fraction of sp³-hybridized carbons (Fsp3) is 0.0370. The number of halogens is 6. The first-order chi connectivity index (χ1) is 15.7. The second kappa shape index (κ2) is 8.76. The summed E-state index contributed by atoms with van der Waals surface area (Å²) in [4.78, 5) is 0. The van der Waals surface area contributed by atoms with E-state index in [-0.39, 0.29) is 21.9 Å². The quantitative estimate of drug-likeness (QED) is 0.157. The highest BCUT2D eigenvalue weighted by Crippen LogP contribution is 2.24. The van der Waals surface area contributed by atoms with Gasteiger partial charge in [-0.3, -0.25) is 0 Å². The Labute approximate surface area is 185 Å². The molecule has 0 fully saturated rings. The zero-order chi connectivity index (χ0) is 23.7. The van der Waals surface area contributed by atoms with Gasteiger partial charge in [0.1, 0.15) is 17.5 Å². The molecule has 0 atom stereocenters. The van der Waals surface area contributed by atoms with E-state index < -0.39 is 40.5 Å². The molecule has 0 radical (unpaired) electrons. The second-order valence-electron chi connectivity index (χ2n) is 7.22. The van der Waals surface area contributed by atoms with Crippen molar-refractivity contribution in [2.24, 2.45) is 0 Å². The van der Waals surface area contributed by atoms with E-state index in [4.69, 9.17) is 0 Å². The third-order valence-electron chi connectivity index (χ3n) is 4.80. The van der Waals surface area contributed by atoms with Crippen molar-refractivity contribution in [3.05, 3.63) is 117 Å². The van der Waals surface area contributed by atoms with Crippen LogP contribution < -0.4 is 0 Å². The molecule has 0 aliphatic rings. The van der Waals surface area contributed by atoms with Gasteiger partial charge in [-0.05, 0) is 66.4 Å². The van der Waals surface area contributed by atoms with Crippen LogP contribution >= 0.6 is 0 Å². The summed E-state index contributed by atoms with van der Waals surface area (Å²) < 4.78 is 82.8. The molecule has 0 aliphatic heterocycles. The minimum absolute atomic E-state index is 0.0183. The van der Waals surface area contributed by atoms with Gasteiger partial charge in [-0.15, -0.1) is 0 Å². The number of benzene rings is 4. The van der Waals surface area contributed by atoms with Gasteiger partial charge in [-0.2, -0.15) is 0 Å². The molecule has 0 aromatic heterocycles. The van der Waals surface area contributed by atoms with Crippen molar-refractivity contribution in [1.29, 1.82) is 0 Å². The Morgan fingerprint density at radius 2 is 1.18 bits per heavy atom. The maximum atomic E-state index is 14.4. The summed E-state index contributed by atoms with van der Waals surface area (Å²) in [7, 11) is 0. The molecule has 0 N–H and O–H groups in total. The van der Waals surface area contributed by atoms with E-state index >= 15 is 0 Å². The van der Waals surface area contributed by atoms with E-state index in [0.29, 0.717) is 11.1 Å². The predicted molar refractivity (Wildman–Crippen MR) is 113 cm³/mol. The molecule has 4 rings (SSSR count). The molecule has 33 heavy (non-hydrogen) atoms. The predicted octanol–water partition coefficient (Wildman–Crippen LogP) is 6.78. The van der Waals surface area contributed by atoms with Crippen molar-refractivity contribution >= 4 is 10.8 Å². The zero-order valence-corrected chi connectivity index (χ0v) is 17.0. The standard InChI is InChI=1S/C27H12F6/c1-15-10-23(29)21(24(30)11-15)9-5-17-3-7-18(22(28)13-17)6-2-16-4-8-20-19(12-16)14-25(31)27(33)26(20)32/h3-4,7-8,10-14H,1H3. The first kappa shape index (κ1) is 22.0. The lowest BCUT2D eigenvalue weighted by Crippen LogP contribution is -1.92. The van der Waals surface area contributed by atoms with Crippen molar-refractivity contribution < 1.29 is 26.3 Å². The zero-order valence-electron chi connectivity index (χ0n) is 17.0. The van der Waals surface area contributed by atoms with Crippen molar-refractivity contribution in [3.63, 3.8) is 0 Å². The van der Waals surface area contributed by atoms with Gasteiger partial charge in [0.15, 0.2) is 17.5 Å². The largest absolute Gasteiger partial charge is 0.206 e. The van der Waals surface area contributed by atoms with Crippen LogP contribution in [0.3, 0.4) is 0 Å². The minimum Gasteiger partial charge on any atom is -0.206 e. The summed E-state index contributed by atoms with van der Waals surface area (Å²) in [6, 6.07) is 11.0. The molecular weight excluding hydrogens is 438 g/mol. The van der Waals surface area contributed by atoms with Crippen molar-refractivity contribution in [3.8, 4) is 23.7 Å². The molecular formula is C27H12F6. The molecule has 6 heteroatoms. The summed E-state index contributed by atoms with van der Waals surface area (Å²) in [5.41, 5.74) is 0.551. The first-order valence-electron chi connectivity index (χ1n) is 9.59. The Kier molecular flexibility index (Phi) is 5.85. The number of rotatable bonds is 0. The molecule has 0 saturated carbocycles. The van der Waals surface area contributed by atoms with E-state index in [9.17, 15) is 26.3 Å².